The summed E-state index contributed by atoms with van der Waals surface area (Å²) in [6.45, 7) is 6.30. The van der Waals surface area contributed by atoms with Gasteiger partial charge < -0.3 is 20.9 Å². The zero-order valence-corrected chi connectivity index (χ0v) is 25.4. The Morgan fingerprint density at radius 1 is 0.767 bits per heavy atom. The van der Waals surface area contributed by atoms with Crippen molar-refractivity contribution in [1.82, 2.24) is 20.9 Å². The van der Waals surface area contributed by atoms with Crippen molar-refractivity contribution in [3.8, 4) is 0 Å². The Hall–Kier alpha value is -3.97. The van der Waals surface area contributed by atoms with Crippen molar-refractivity contribution >= 4 is 17.7 Å². The highest BCUT2D eigenvalue weighted by atomic mass is 16.2. The van der Waals surface area contributed by atoms with Gasteiger partial charge in [-0.15, -0.1) is 0 Å². The summed E-state index contributed by atoms with van der Waals surface area (Å²) < 4.78 is 0. The number of piperidine rings is 1. The first-order chi connectivity index (χ1) is 21.0. The molecular weight excluding hydrogens is 536 g/mol. The molecule has 0 aromatic heterocycles. The molecule has 43 heavy (non-hydrogen) atoms. The standard InChI is InChI=1S/C36H46N4O3/c1-2-3-23-40-24-13-14-29(28-40)26-38-33(41)21-22-37-35(43)27-39-34(42)25-36(30-15-7-4-8-16-30,31-17-9-5-10-18-31)32-19-11-6-12-20-32/h4-12,15-20,29H,2-3,13-14,21-28H2,1H3,(H,37,43)(H,38,41)(H,39,42)/t29-/m1/s1. The fourth-order valence-corrected chi connectivity index (χ4v) is 6.08. The molecule has 0 aliphatic carbocycles. The zero-order valence-electron chi connectivity index (χ0n) is 25.4. The molecule has 3 N–H and O–H groups in total. The lowest BCUT2D eigenvalue weighted by atomic mass is 9.67. The number of benzene rings is 3. The van der Waals surface area contributed by atoms with Crippen LogP contribution in [0.5, 0.6) is 0 Å². The van der Waals surface area contributed by atoms with Crippen molar-refractivity contribution < 1.29 is 14.4 Å². The average Bonchev–Trinajstić information content (AvgIpc) is 3.06. The Balaban J connectivity index is 1.28. The highest BCUT2D eigenvalue weighted by Crippen LogP contribution is 2.42. The van der Waals surface area contributed by atoms with Gasteiger partial charge in [-0.1, -0.05) is 104 Å². The van der Waals surface area contributed by atoms with Crippen molar-refractivity contribution in [3.05, 3.63) is 108 Å². The van der Waals surface area contributed by atoms with E-state index in [1.54, 1.807) is 0 Å². The summed E-state index contributed by atoms with van der Waals surface area (Å²) >= 11 is 0. The van der Waals surface area contributed by atoms with E-state index in [1.807, 2.05) is 91.0 Å². The van der Waals surface area contributed by atoms with Gasteiger partial charge in [0.1, 0.15) is 0 Å². The normalized spacial score (nSPS) is 15.4. The molecule has 228 valence electrons. The van der Waals surface area contributed by atoms with E-state index in [1.165, 1.54) is 19.3 Å². The van der Waals surface area contributed by atoms with Crippen molar-refractivity contribution in [2.45, 2.75) is 50.9 Å². The summed E-state index contributed by atoms with van der Waals surface area (Å²) in [5.74, 6) is -0.128. The molecular formula is C36H46N4O3. The second-order valence-corrected chi connectivity index (χ2v) is 11.5. The van der Waals surface area contributed by atoms with Gasteiger partial charge >= 0.3 is 0 Å². The fourth-order valence-electron chi connectivity index (χ4n) is 6.08. The molecule has 1 fully saturated rings. The lowest BCUT2D eigenvalue weighted by Crippen LogP contribution is -2.43. The number of hydrogen-bond acceptors (Lipinski definition) is 4. The molecule has 7 nitrogen and oxygen atoms in total. The quantitative estimate of drug-likeness (QED) is 0.227. The number of nitrogens with one attached hydrogen (secondary N) is 3. The van der Waals surface area contributed by atoms with Crippen LogP contribution in [0.1, 0.15) is 62.1 Å². The number of rotatable bonds is 15. The lowest BCUT2D eigenvalue weighted by Gasteiger charge is -2.35. The number of unbranched alkanes of at least 4 members (excludes halogenated alkanes) is 1. The van der Waals surface area contributed by atoms with Gasteiger partial charge in [0.05, 0.1) is 12.0 Å². The minimum absolute atomic E-state index is 0.0617. The van der Waals surface area contributed by atoms with E-state index < -0.39 is 5.41 Å². The average molecular weight is 583 g/mol. The first-order valence-corrected chi connectivity index (χ1v) is 15.7. The van der Waals surface area contributed by atoms with Crippen molar-refractivity contribution in [3.63, 3.8) is 0 Å². The summed E-state index contributed by atoms with van der Waals surface area (Å²) in [5.41, 5.74) is 2.27. The summed E-state index contributed by atoms with van der Waals surface area (Å²) in [6.07, 6.45) is 5.08. The maximum Gasteiger partial charge on any atom is 0.239 e. The Morgan fingerprint density at radius 2 is 1.35 bits per heavy atom. The van der Waals surface area contributed by atoms with Gasteiger partial charge in [0.15, 0.2) is 0 Å². The summed E-state index contributed by atoms with van der Waals surface area (Å²) in [5, 5.41) is 8.63. The maximum atomic E-state index is 13.4. The van der Waals surface area contributed by atoms with Crippen LogP contribution in [0.3, 0.4) is 0 Å². The van der Waals surface area contributed by atoms with Crippen molar-refractivity contribution in [2.24, 2.45) is 5.92 Å². The molecule has 1 aliphatic heterocycles. The molecule has 0 bridgehead atoms. The van der Waals surface area contributed by atoms with Gasteiger partial charge in [-0.3, -0.25) is 14.4 Å². The first kappa shape index (κ1) is 32.0. The predicted octanol–water partition coefficient (Wildman–Crippen LogP) is 4.66. The van der Waals surface area contributed by atoms with E-state index in [-0.39, 0.29) is 43.7 Å². The van der Waals surface area contributed by atoms with Gasteiger partial charge in [0.2, 0.25) is 17.7 Å². The van der Waals surface area contributed by atoms with Crippen LogP contribution in [0.15, 0.2) is 91.0 Å². The van der Waals surface area contributed by atoms with Crippen molar-refractivity contribution in [2.75, 3.05) is 39.3 Å². The number of likely N-dealkylation sites (tertiary alicyclic amines) is 1. The molecule has 4 rings (SSSR count). The molecule has 0 unspecified atom stereocenters. The van der Waals surface area contributed by atoms with Crippen LogP contribution < -0.4 is 16.0 Å². The Labute approximate surface area is 256 Å². The lowest BCUT2D eigenvalue weighted by molar-refractivity contribution is -0.126. The first-order valence-electron chi connectivity index (χ1n) is 15.7. The predicted molar refractivity (Wildman–Crippen MR) is 172 cm³/mol. The Kier molecular flexibility index (Phi) is 12.3. The molecule has 3 aromatic rings. The number of amides is 3. The van der Waals surface area contributed by atoms with Crippen LogP contribution in [-0.4, -0.2) is 61.9 Å². The topological polar surface area (TPSA) is 90.5 Å². The van der Waals surface area contributed by atoms with E-state index in [2.05, 4.69) is 27.8 Å². The van der Waals surface area contributed by atoms with Gasteiger partial charge in [-0.05, 0) is 55.0 Å². The van der Waals surface area contributed by atoms with Crippen LogP contribution in [0.2, 0.25) is 0 Å². The third kappa shape index (κ3) is 9.26. The summed E-state index contributed by atoms with van der Waals surface area (Å²) in [7, 11) is 0. The molecule has 7 heteroatoms. The monoisotopic (exact) mass is 582 g/mol. The highest BCUT2D eigenvalue weighted by molar-refractivity contribution is 5.86. The molecule has 3 aromatic carbocycles. The minimum Gasteiger partial charge on any atom is -0.356 e. The van der Waals surface area contributed by atoms with Crippen LogP contribution in [0, 0.1) is 5.92 Å². The van der Waals surface area contributed by atoms with Crippen LogP contribution in [0.4, 0.5) is 0 Å². The van der Waals surface area contributed by atoms with E-state index >= 15 is 0 Å². The molecule has 0 spiro atoms. The third-order valence-corrected chi connectivity index (χ3v) is 8.36. The fraction of sp³-hybridized carbons (Fsp3) is 0.417. The largest absolute Gasteiger partial charge is 0.356 e. The maximum absolute atomic E-state index is 13.4. The van der Waals surface area contributed by atoms with Crippen molar-refractivity contribution in [1.29, 1.82) is 0 Å². The van der Waals surface area contributed by atoms with Crippen LogP contribution in [-0.2, 0) is 19.8 Å². The molecule has 1 saturated heterocycles. The number of carbonyl (C=O) groups excluding carboxylic acids is 3. The number of hydrogen-bond donors (Lipinski definition) is 3. The second kappa shape index (κ2) is 16.6. The molecule has 1 aliphatic rings. The van der Waals surface area contributed by atoms with Gasteiger partial charge in [0, 0.05) is 32.5 Å². The zero-order chi connectivity index (χ0) is 30.3. The van der Waals surface area contributed by atoms with Gasteiger partial charge in [0.25, 0.3) is 0 Å². The van der Waals surface area contributed by atoms with E-state index in [9.17, 15) is 14.4 Å². The highest BCUT2D eigenvalue weighted by Gasteiger charge is 2.38. The smallest absolute Gasteiger partial charge is 0.239 e. The molecule has 1 heterocycles. The van der Waals surface area contributed by atoms with Gasteiger partial charge in [-0.2, -0.15) is 0 Å². The Morgan fingerprint density at radius 3 is 1.91 bits per heavy atom. The minimum atomic E-state index is -0.728. The summed E-state index contributed by atoms with van der Waals surface area (Å²) in [4.78, 5) is 40.9. The van der Waals surface area contributed by atoms with E-state index in [0.29, 0.717) is 12.5 Å². The molecule has 1 atom stereocenters. The third-order valence-electron chi connectivity index (χ3n) is 8.36. The molecule has 0 radical (unpaired) electrons. The Bertz CT molecular complexity index is 1190. The van der Waals surface area contributed by atoms with Gasteiger partial charge in [-0.25, -0.2) is 0 Å². The number of nitrogens with zero attached hydrogens (tertiary/aromatic N) is 1. The van der Waals surface area contributed by atoms with E-state index in [4.69, 9.17) is 0 Å². The van der Waals surface area contributed by atoms with E-state index in [0.717, 1.165) is 42.7 Å². The SMILES string of the molecule is CCCCN1CCC[C@H](CNC(=O)CCNC(=O)CNC(=O)CC(c2ccccc2)(c2ccccc2)c2ccccc2)C1. The number of carbonyl (C=O) groups is 3. The van der Waals surface area contributed by atoms with Crippen LogP contribution >= 0.6 is 0 Å². The molecule has 3 amide bonds. The molecule has 0 saturated carbocycles. The van der Waals surface area contributed by atoms with Crippen LogP contribution in [0.25, 0.3) is 0 Å². The summed E-state index contributed by atoms with van der Waals surface area (Å²) in [6, 6.07) is 30.0. The second-order valence-electron chi connectivity index (χ2n) is 11.5.